The highest BCUT2D eigenvalue weighted by Crippen LogP contribution is 2.32. The molecule has 1 aromatic heterocycles. The van der Waals surface area contributed by atoms with E-state index in [2.05, 4.69) is 5.16 Å². The third-order valence-corrected chi connectivity index (χ3v) is 4.02. The molecule has 152 valence electrons. The van der Waals surface area contributed by atoms with Crippen LogP contribution in [0.15, 0.2) is 53.1 Å². The van der Waals surface area contributed by atoms with E-state index in [1.165, 1.54) is 7.11 Å². The summed E-state index contributed by atoms with van der Waals surface area (Å²) in [7, 11) is 4.65. The van der Waals surface area contributed by atoms with E-state index in [-0.39, 0.29) is 13.2 Å². The Balaban J connectivity index is 1.56. The molecule has 0 saturated heterocycles. The first-order valence-electron chi connectivity index (χ1n) is 8.74. The van der Waals surface area contributed by atoms with E-state index in [1.54, 1.807) is 50.6 Å². The SMILES string of the molecule is COc1ccc(-c2cc(COC(=O)COc3ccccc3OC)no2)cc1OC. The highest BCUT2D eigenvalue weighted by molar-refractivity contribution is 5.71. The molecule has 3 rings (SSSR count). The quantitative estimate of drug-likeness (QED) is 0.505. The molecule has 0 N–H and O–H groups in total. The molecule has 0 aliphatic carbocycles. The highest BCUT2D eigenvalue weighted by Gasteiger charge is 2.13. The zero-order valence-electron chi connectivity index (χ0n) is 16.3. The Morgan fingerprint density at radius 2 is 1.59 bits per heavy atom. The maximum Gasteiger partial charge on any atom is 0.344 e. The van der Waals surface area contributed by atoms with Gasteiger partial charge in [-0.2, -0.15) is 0 Å². The molecule has 0 atom stereocenters. The molecular formula is C21H21NO7. The van der Waals surface area contributed by atoms with Gasteiger partial charge in [0, 0.05) is 11.6 Å². The van der Waals surface area contributed by atoms with Crippen LogP contribution in [0.4, 0.5) is 0 Å². The third-order valence-electron chi connectivity index (χ3n) is 4.02. The second kappa shape index (κ2) is 9.50. The number of rotatable bonds is 9. The predicted octanol–water partition coefficient (Wildman–Crippen LogP) is 3.49. The van der Waals surface area contributed by atoms with E-state index in [0.29, 0.717) is 34.5 Å². The van der Waals surface area contributed by atoms with Gasteiger partial charge in [0.2, 0.25) is 0 Å². The summed E-state index contributed by atoms with van der Waals surface area (Å²) < 4.78 is 31.6. The number of benzene rings is 2. The Bertz CT molecular complexity index is 967. The second-order valence-electron chi connectivity index (χ2n) is 5.85. The lowest BCUT2D eigenvalue weighted by Crippen LogP contribution is -2.15. The van der Waals surface area contributed by atoms with E-state index in [4.69, 9.17) is 28.2 Å². The van der Waals surface area contributed by atoms with Crippen LogP contribution in [0.25, 0.3) is 11.3 Å². The molecule has 8 heteroatoms. The average Bonchev–Trinajstić information content (AvgIpc) is 3.25. The largest absolute Gasteiger partial charge is 0.493 e. The minimum Gasteiger partial charge on any atom is -0.493 e. The summed E-state index contributed by atoms with van der Waals surface area (Å²) >= 11 is 0. The van der Waals surface area contributed by atoms with E-state index in [9.17, 15) is 4.79 Å². The first-order chi connectivity index (χ1) is 14.1. The average molecular weight is 399 g/mol. The number of ether oxygens (including phenoxy) is 5. The van der Waals surface area contributed by atoms with Gasteiger partial charge in [-0.05, 0) is 30.3 Å². The van der Waals surface area contributed by atoms with Crippen molar-refractivity contribution in [2.45, 2.75) is 6.61 Å². The molecule has 2 aromatic carbocycles. The van der Waals surface area contributed by atoms with Gasteiger partial charge in [-0.3, -0.25) is 0 Å². The standard InChI is InChI=1S/C21H21NO7/c1-24-16-6-4-5-7-18(16)27-13-21(23)28-12-15-11-19(29-22-15)14-8-9-17(25-2)20(10-14)26-3/h4-11H,12-13H2,1-3H3. The van der Waals surface area contributed by atoms with E-state index in [1.807, 2.05) is 12.1 Å². The summed E-state index contributed by atoms with van der Waals surface area (Å²) in [5.41, 5.74) is 1.23. The van der Waals surface area contributed by atoms with Crippen LogP contribution >= 0.6 is 0 Å². The van der Waals surface area contributed by atoms with Gasteiger partial charge in [0.15, 0.2) is 35.4 Å². The Morgan fingerprint density at radius 1 is 0.897 bits per heavy atom. The molecule has 0 amide bonds. The monoisotopic (exact) mass is 399 g/mol. The zero-order chi connectivity index (χ0) is 20.6. The van der Waals surface area contributed by atoms with Crippen LogP contribution < -0.4 is 18.9 Å². The lowest BCUT2D eigenvalue weighted by atomic mass is 10.1. The van der Waals surface area contributed by atoms with Gasteiger partial charge in [-0.1, -0.05) is 17.3 Å². The fourth-order valence-corrected chi connectivity index (χ4v) is 2.58. The highest BCUT2D eigenvalue weighted by atomic mass is 16.6. The van der Waals surface area contributed by atoms with Gasteiger partial charge in [0.05, 0.1) is 21.3 Å². The smallest absolute Gasteiger partial charge is 0.344 e. The number of methoxy groups -OCH3 is 3. The summed E-state index contributed by atoms with van der Waals surface area (Å²) in [6.07, 6.45) is 0. The van der Waals surface area contributed by atoms with Gasteiger partial charge >= 0.3 is 5.97 Å². The number of aromatic nitrogens is 1. The molecule has 0 aliphatic heterocycles. The molecule has 3 aromatic rings. The molecule has 0 fully saturated rings. The molecule has 1 heterocycles. The van der Waals surface area contributed by atoms with Crippen molar-refractivity contribution in [3.05, 3.63) is 54.2 Å². The van der Waals surface area contributed by atoms with Crippen molar-refractivity contribution < 1.29 is 33.0 Å². The minimum atomic E-state index is -0.536. The molecular weight excluding hydrogens is 378 g/mol. The van der Waals surface area contributed by atoms with Gasteiger partial charge in [0.25, 0.3) is 0 Å². The van der Waals surface area contributed by atoms with Gasteiger partial charge in [0.1, 0.15) is 12.3 Å². The maximum atomic E-state index is 11.9. The maximum absolute atomic E-state index is 11.9. The lowest BCUT2D eigenvalue weighted by molar-refractivity contribution is -0.147. The van der Waals surface area contributed by atoms with Crippen molar-refractivity contribution in [3.8, 4) is 34.3 Å². The molecule has 0 radical (unpaired) electrons. The molecule has 0 aliphatic rings. The Hall–Kier alpha value is -3.68. The van der Waals surface area contributed by atoms with Crippen molar-refractivity contribution in [2.75, 3.05) is 27.9 Å². The van der Waals surface area contributed by atoms with E-state index >= 15 is 0 Å². The molecule has 29 heavy (non-hydrogen) atoms. The van der Waals surface area contributed by atoms with Gasteiger partial charge in [-0.15, -0.1) is 0 Å². The molecule has 0 saturated carbocycles. The first kappa shape index (κ1) is 20.1. The van der Waals surface area contributed by atoms with Crippen LogP contribution in [0.3, 0.4) is 0 Å². The molecule has 0 bridgehead atoms. The number of carbonyl (C=O) groups excluding carboxylic acids is 1. The van der Waals surface area contributed by atoms with Crippen LogP contribution in [0, 0.1) is 0 Å². The van der Waals surface area contributed by atoms with Crippen molar-refractivity contribution in [1.82, 2.24) is 5.16 Å². The van der Waals surface area contributed by atoms with Crippen LogP contribution in [-0.2, 0) is 16.1 Å². The first-order valence-corrected chi connectivity index (χ1v) is 8.74. The summed E-state index contributed by atoms with van der Waals surface area (Å²) in [5, 5.41) is 3.92. The van der Waals surface area contributed by atoms with Crippen molar-refractivity contribution in [3.63, 3.8) is 0 Å². The predicted molar refractivity (Wildman–Crippen MR) is 103 cm³/mol. The number of hydrogen-bond donors (Lipinski definition) is 0. The number of hydrogen-bond acceptors (Lipinski definition) is 8. The summed E-state index contributed by atoms with van der Waals surface area (Å²) in [5.74, 6) is 2.16. The molecule has 8 nitrogen and oxygen atoms in total. The zero-order valence-corrected chi connectivity index (χ0v) is 16.3. The third kappa shape index (κ3) is 4.98. The summed E-state index contributed by atoms with van der Waals surface area (Å²) in [6.45, 7) is -0.286. The second-order valence-corrected chi connectivity index (χ2v) is 5.85. The Kier molecular flexibility index (Phi) is 6.57. The van der Waals surface area contributed by atoms with Crippen LogP contribution in [-0.4, -0.2) is 39.1 Å². The lowest BCUT2D eigenvalue weighted by Gasteiger charge is -2.09. The molecule has 0 unspecified atom stereocenters. The number of esters is 1. The Morgan fingerprint density at radius 3 is 2.31 bits per heavy atom. The van der Waals surface area contributed by atoms with Crippen LogP contribution in [0.1, 0.15) is 5.69 Å². The molecule has 0 spiro atoms. The number of para-hydroxylation sites is 2. The Labute approximate surface area is 167 Å². The van der Waals surface area contributed by atoms with Crippen molar-refractivity contribution in [1.29, 1.82) is 0 Å². The van der Waals surface area contributed by atoms with Crippen molar-refractivity contribution >= 4 is 5.97 Å². The number of nitrogens with zero attached hydrogens (tertiary/aromatic N) is 1. The fraction of sp³-hybridized carbons (Fsp3) is 0.238. The van der Waals surface area contributed by atoms with Crippen molar-refractivity contribution in [2.24, 2.45) is 0 Å². The van der Waals surface area contributed by atoms with E-state index in [0.717, 1.165) is 5.56 Å². The summed E-state index contributed by atoms with van der Waals surface area (Å²) in [6, 6.07) is 14.1. The number of carbonyl (C=O) groups is 1. The van der Waals surface area contributed by atoms with E-state index < -0.39 is 5.97 Å². The summed E-state index contributed by atoms with van der Waals surface area (Å²) in [4.78, 5) is 11.9. The minimum absolute atomic E-state index is 0.0368. The van der Waals surface area contributed by atoms with Crippen LogP contribution in [0.2, 0.25) is 0 Å². The van der Waals surface area contributed by atoms with Gasteiger partial charge in [-0.25, -0.2) is 4.79 Å². The fourth-order valence-electron chi connectivity index (χ4n) is 2.58. The van der Waals surface area contributed by atoms with Gasteiger partial charge < -0.3 is 28.2 Å². The normalized spacial score (nSPS) is 10.3. The van der Waals surface area contributed by atoms with Crippen LogP contribution in [0.5, 0.6) is 23.0 Å². The topological polar surface area (TPSA) is 89.3 Å².